The van der Waals surface area contributed by atoms with Crippen LogP contribution in [-0.4, -0.2) is 25.4 Å². The molecule has 27 heavy (non-hydrogen) atoms. The molecule has 0 fully saturated rings. The average molecular weight is 357 g/mol. The van der Waals surface area contributed by atoms with Crippen molar-refractivity contribution in [3.8, 4) is 5.69 Å². The molecular weight excluding hydrogens is 338 g/mol. The molecule has 0 radical (unpaired) electrons. The Bertz CT molecular complexity index is 1120. The number of benzene rings is 2. The van der Waals surface area contributed by atoms with E-state index >= 15 is 0 Å². The number of carbonyl (C=O) groups is 1. The monoisotopic (exact) mass is 357 g/mol. The molecule has 134 valence electrons. The van der Waals surface area contributed by atoms with Crippen LogP contribution in [0.1, 0.15) is 28.4 Å². The Hall–Kier alpha value is -3.54. The van der Waals surface area contributed by atoms with Gasteiger partial charge < -0.3 is 0 Å². The Morgan fingerprint density at radius 2 is 1.93 bits per heavy atom. The molecule has 0 aliphatic heterocycles. The van der Waals surface area contributed by atoms with E-state index in [-0.39, 0.29) is 5.91 Å². The van der Waals surface area contributed by atoms with Crippen molar-refractivity contribution in [1.29, 1.82) is 0 Å². The van der Waals surface area contributed by atoms with Gasteiger partial charge in [-0.3, -0.25) is 14.7 Å². The topological polar surface area (TPSA) is 72.7 Å². The van der Waals surface area contributed by atoms with Gasteiger partial charge in [0, 0.05) is 18.1 Å². The number of carbonyl (C=O) groups excluding carboxylic acids is 1. The van der Waals surface area contributed by atoms with Gasteiger partial charge in [0.25, 0.3) is 5.91 Å². The Kier molecular flexibility index (Phi) is 4.38. The maximum absolute atomic E-state index is 12.6. The van der Waals surface area contributed by atoms with Gasteiger partial charge in [-0.05, 0) is 48.7 Å². The second-order valence-corrected chi connectivity index (χ2v) is 6.37. The summed E-state index contributed by atoms with van der Waals surface area (Å²) in [6, 6.07) is 14.3. The molecule has 6 heteroatoms. The largest absolute Gasteiger partial charge is 0.291 e. The molecule has 4 aromatic rings. The standard InChI is InChI=1S/C21H19N5O/c1-3-15-7-8-19-18(10-15)24-21(25-20(27)16-11-22-13-23-12-16)26(19)17-6-4-5-14(2)9-17/h4-13H,3H2,1-2H3,(H,24,25,27). The number of aryl methyl sites for hydroxylation is 2. The Morgan fingerprint density at radius 3 is 2.67 bits per heavy atom. The minimum Gasteiger partial charge on any atom is -0.291 e. The van der Waals surface area contributed by atoms with E-state index < -0.39 is 0 Å². The molecule has 4 rings (SSSR count). The summed E-state index contributed by atoms with van der Waals surface area (Å²) in [5, 5.41) is 2.90. The molecule has 6 nitrogen and oxygen atoms in total. The smallest absolute Gasteiger partial charge is 0.261 e. The molecule has 2 aromatic heterocycles. The number of rotatable bonds is 4. The van der Waals surface area contributed by atoms with Crippen LogP contribution in [0.5, 0.6) is 0 Å². The zero-order valence-electron chi connectivity index (χ0n) is 15.2. The number of aromatic nitrogens is 4. The summed E-state index contributed by atoms with van der Waals surface area (Å²) in [6.07, 6.45) is 5.29. The summed E-state index contributed by atoms with van der Waals surface area (Å²) in [4.78, 5) is 25.1. The predicted molar refractivity (Wildman–Crippen MR) is 105 cm³/mol. The van der Waals surface area contributed by atoms with Crippen LogP contribution in [0.4, 0.5) is 5.95 Å². The first-order valence-electron chi connectivity index (χ1n) is 8.80. The van der Waals surface area contributed by atoms with Gasteiger partial charge in [0.1, 0.15) is 6.33 Å². The highest BCUT2D eigenvalue weighted by atomic mass is 16.1. The van der Waals surface area contributed by atoms with Crippen LogP contribution in [0.3, 0.4) is 0 Å². The van der Waals surface area contributed by atoms with Crippen molar-refractivity contribution < 1.29 is 4.79 Å². The average Bonchev–Trinajstić information content (AvgIpc) is 3.05. The van der Waals surface area contributed by atoms with Crippen LogP contribution in [-0.2, 0) is 6.42 Å². The highest BCUT2D eigenvalue weighted by Crippen LogP contribution is 2.26. The minimum absolute atomic E-state index is 0.296. The van der Waals surface area contributed by atoms with E-state index in [1.165, 1.54) is 24.3 Å². The van der Waals surface area contributed by atoms with Gasteiger partial charge in [-0.2, -0.15) is 0 Å². The van der Waals surface area contributed by atoms with Crippen molar-refractivity contribution >= 4 is 22.9 Å². The highest BCUT2D eigenvalue weighted by molar-refractivity contribution is 6.04. The zero-order chi connectivity index (χ0) is 18.8. The number of hydrogen-bond acceptors (Lipinski definition) is 4. The first kappa shape index (κ1) is 16.9. The molecule has 0 bridgehead atoms. The van der Waals surface area contributed by atoms with E-state index in [2.05, 4.69) is 45.4 Å². The third-order valence-electron chi connectivity index (χ3n) is 4.44. The lowest BCUT2D eigenvalue weighted by Crippen LogP contribution is -2.16. The van der Waals surface area contributed by atoms with E-state index in [4.69, 9.17) is 0 Å². The van der Waals surface area contributed by atoms with Crippen molar-refractivity contribution in [1.82, 2.24) is 19.5 Å². The lowest BCUT2D eigenvalue weighted by Gasteiger charge is -2.11. The maximum Gasteiger partial charge on any atom is 0.261 e. The number of amides is 1. The molecule has 2 heterocycles. The summed E-state index contributed by atoms with van der Waals surface area (Å²) >= 11 is 0. The molecule has 1 amide bonds. The fourth-order valence-corrected chi connectivity index (χ4v) is 3.05. The van der Waals surface area contributed by atoms with E-state index in [0.29, 0.717) is 11.5 Å². The minimum atomic E-state index is -0.296. The number of nitrogens with one attached hydrogen (secondary N) is 1. The summed E-state index contributed by atoms with van der Waals surface area (Å²) in [6.45, 7) is 4.15. The first-order chi connectivity index (χ1) is 13.2. The predicted octanol–water partition coefficient (Wildman–Crippen LogP) is 3.94. The quantitative estimate of drug-likeness (QED) is 0.600. The summed E-state index contributed by atoms with van der Waals surface area (Å²) in [7, 11) is 0. The zero-order valence-corrected chi connectivity index (χ0v) is 15.2. The number of imidazole rings is 1. The lowest BCUT2D eigenvalue weighted by atomic mass is 10.1. The van der Waals surface area contributed by atoms with Crippen molar-refractivity contribution in [3.05, 3.63) is 77.9 Å². The van der Waals surface area contributed by atoms with Gasteiger partial charge >= 0.3 is 0 Å². The third kappa shape index (κ3) is 3.29. The molecule has 0 unspecified atom stereocenters. The van der Waals surface area contributed by atoms with Crippen LogP contribution in [0.2, 0.25) is 0 Å². The number of anilines is 1. The van der Waals surface area contributed by atoms with Gasteiger partial charge in [0.05, 0.1) is 16.6 Å². The second kappa shape index (κ2) is 6.99. The van der Waals surface area contributed by atoms with Gasteiger partial charge in [0.2, 0.25) is 5.95 Å². The molecule has 1 N–H and O–H groups in total. The van der Waals surface area contributed by atoms with Gasteiger partial charge in [-0.1, -0.05) is 25.1 Å². The fourth-order valence-electron chi connectivity index (χ4n) is 3.05. The van der Waals surface area contributed by atoms with Crippen molar-refractivity contribution in [2.45, 2.75) is 20.3 Å². The van der Waals surface area contributed by atoms with Crippen molar-refractivity contribution in [2.75, 3.05) is 5.32 Å². The van der Waals surface area contributed by atoms with Crippen LogP contribution in [0.25, 0.3) is 16.7 Å². The number of nitrogens with zero attached hydrogens (tertiary/aromatic N) is 4. The van der Waals surface area contributed by atoms with E-state index in [1.807, 2.05) is 35.8 Å². The summed E-state index contributed by atoms with van der Waals surface area (Å²) in [5.74, 6) is 0.174. The summed E-state index contributed by atoms with van der Waals surface area (Å²) < 4.78 is 1.96. The van der Waals surface area contributed by atoms with Crippen LogP contribution >= 0.6 is 0 Å². The van der Waals surface area contributed by atoms with E-state index in [1.54, 1.807) is 0 Å². The third-order valence-corrected chi connectivity index (χ3v) is 4.44. The van der Waals surface area contributed by atoms with Crippen molar-refractivity contribution in [3.63, 3.8) is 0 Å². The van der Waals surface area contributed by atoms with Gasteiger partial charge in [-0.25, -0.2) is 15.0 Å². The van der Waals surface area contributed by atoms with Crippen molar-refractivity contribution in [2.24, 2.45) is 0 Å². The SMILES string of the molecule is CCc1ccc2c(c1)nc(NC(=O)c1cncnc1)n2-c1cccc(C)c1. The van der Waals surface area contributed by atoms with Gasteiger partial charge in [-0.15, -0.1) is 0 Å². The van der Waals surface area contributed by atoms with Crippen LogP contribution in [0, 0.1) is 6.92 Å². The van der Waals surface area contributed by atoms with Crippen LogP contribution in [0.15, 0.2) is 61.2 Å². The normalized spacial score (nSPS) is 10.9. The lowest BCUT2D eigenvalue weighted by molar-refractivity contribution is 0.102. The number of hydrogen-bond donors (Lipinski definition) is 1. The fraction of sp³-hybridized carbons (Fsp3) is 0.143. The van der Waals surface area contributed by atoms with E-state index in [9.17, 15) is 4.79 Å². The number of fused-ring (bicyclic) bond motifs is 1. The molecule has 0 spiro atoms. The molecular formula is C21H19N5O. The van der Waals surface area contributed by atoms with Crippen LogP contribution < -0.4 is 5.32 Å². The molecule has 2 aromatic carbocycles. The van der Waals surface area contributed by atoms with E-state index in [0.717, 1.165) is 28.7 Å². The Morgan fingerprint density at radius 1 is 1.11 bits per heavy atom. The van der Waals surface area contributed by atoms with Gasteiger partial charge in [0.15, 0.2) is 0 Å². The summed E-state index contributed by atoms with van der Waals surface area (Å²) in [5.41, 5.74) is 5.45. The maximum atomic E-state index is 12.6. The molecule has 0 aliphatic carbocycles. The molecule has 0 aliphatic rings. The molecule has 0 atom stereocenters. The Balaban J connectivity index is 1.85. The highest BCUT2D eigenvalue weighted by Gasteiger charge is 2.16. The first-order valence-corrected chi connectivity index (χ1v) is 8.80. The molecule has 0 saturated carbocycles. The Labute approximate surface area is 156 Å². The molecule has 0 saturated heterocycles. The second-order valence-electron chi connectivity index (χ2n) is 6.37.